The van der Waals surface area contributed by atoms with E-state index in [9.17, 15) is 0 Å². The van der Waals surface area contributed by atoms with E-state index in [4.69, 9.17) is 12.2 Å². The van der Waals surface area contributed by atoms with E-state index in [1.54, 1.807) is 6.20 Å². The zero-order valence-corrected chi connectivity index (χ0v) is 8.08. The molecule has 4 heteroatoms. The Kier molecular flexibility index (Phi) is 1.52. The molecule has 1 aromatic rings. The summed E-state index contributed by atoms with van der Waals surface area (Å²) in [4.78, 5) is 0.610. The molecule has 2 heterocycles. The second-order valence-electron chi connectivity index (χ2n) is 3.26. The van der Waals surface area contributed by atoms with E-state index in [-0.39, 0.29) is 6.04 Å². The summed E-state index contributed by atoms with van der Waals surface area (Å²) in [5.74, 6) is 0. The van der Waals surface area contributed by atoms with Gasteiger partial charge in [-0.15, -0.1) is 5.11 Å². The van der Waals surface area contributed by atoms with Crippen LogP contribution in [-0.2, 0) is 0 Å². The number of para-hydroxylation sites is 1. The lowest BCUT2D eigenvalue weighted by Gasteiger charge is -2.12. The van der Waals surface area contributed by atoms with Crippen molar-refractivity contribution in [2.45, 2.75) is 6.04 Å². The largest absolute Gasteiger partial charge is 0.371 e. The standard InChI is InChI=1S/C10H7N3S/c14-10-9-7(5-11-13-10)6-3-1-2-4-8(6)12-9/h1-5,9,12H. The zero-order valence-electron chi connectivity index (χ0n) is 7.27. The van der Waals surface area contributed by atoms with Crippen molar-refractivity contribution in [1.29, 1.82) is 0 Å². The molecule has 1 unspecified atom stereocenters. The highest BCUT2D eigenvalue weighted by molar-refractivity contribution is 7.80. The van der Waals surface area contributed by atoms with Crippen molar-refractivity contribution in [3.63, 3.8) is 0 Å². The number of thiocarbonyl (C=S) groups is 1. The first-order valence-corrected chi connectivity index (χ1v) is 4.78. The fraction of sp³-hybridized carbons (Fsp3) is 0.100. The molecule has 0 fully saturated rings. The van der Waals surface area contributed by atoms with Gasteiger partial charge in [-0.2, -0.15) is 5.11 Å². The molecule has 0 amide bonds. The Balaban J connectivity index is 2.19. The quantitative estimate of drug-likeness (QED) is 0.655. The van der Waals surface area contributed by atoms with Crippen molar-refractivity contribution < 1.29 is 0 Å². The minimum absolute atomic E-state index is 0.0416. The third kappa shape index (κ3) is 0.943. The van der Waals surface area contributed by atoms with E-state index in [0.29, 0.717) is 4.99 Å². The number of hydrogen-bond acceptors (Lipinski definition) is 3. The highest BCUT2D eigenvalue weighted by Gasteiger charge is 2.30. The molecule has 0 aliphatic carbocycles. The molecular formula is C10H7N3S. The van der Waals surface area contributed by atoms with E-state index in [0.717, 1.165) is 11.3 Å². The van der Waals surface area contributed by atoms with Gasteiger partial charge in [0.25, 0.3) is 0 Å². The maximum atomic E-state index is 5.13. The van der Waals surface area contributed by atoms with Gasteiger partial charge in [-0.1, -0.05) is 30.4 Å². The topological polar surface area (TPSA) is 36.8 Å². The van der Waals surface area contributed by atoms with E-state index in [2.05, 4.69) is 21.6 Å². The van der Waals surface area contributed by atoms with Gasteiger partial charge in [0.15, 0.2) is 4.99 Å². The summed E-state index contributed by atoms with van der Waals surface area (Å²) < 4.78 is 0. The first-order valence-electron chi connectivity index (χ1n) is 4.37. The number of anilines is 1. The third-order valence-corrected chi connectivity index (χ3v) is 2.77. The maximum Gasteiger partial charge on any atom is 0.152 e. The summed E-state index contributed by atoms with van der Waals surface area (Å²) >= 11 is 5.13. The monoisotopic (exact) mass is 201 g/mol. The highest BCUT2D eigenvalue weighted by atomic mass is 32.1. The Morgan fingerprint density at radius 2 is 2.14 bits per heavy atom. The SMILES string of the molecule is S=C1N=NC=C2c3ccccc3NC12. The van der Waals surface area contributed by atoms with Crippen LogP contribution in [0.5, 0.6) is 0 Å². The molecular weight excluding hydrogens is 194 g/mol. The molecule has 0 bridgehead atoms. The predicted molar refractivity (Wildman–Crippen MR) is 59.3 cm³/mol. The van der Waals surface area contributed by atoms with Crippen molar-refractivity contribution in [3.05, 3.63) is 36.0 Å². The number of fused-ring (bicyclic) bond motifs is 3. The van der Waals surface area contributed by atoms with Crippen LogP contribution in [0.4, 0.5) is 5.69 Å². The molecule has 1 aromatic carbocycles. The molecule has 2 aliphatic heterocycles. The minimum Gasteiger partial charge on any atom is -0.371 e. The van der Waals surface area contributed by atoms with Gasteiger partial charge in [-0.25, -0.2) is 0 Å². The molecule has 3 nitrogen and oxygen atoms in total. The van der Waals surface area contributed by atoms with Crippen LogP contribution in [0.15, 0.2) is 40.7 Å². The van der Waals surface area contributed by atoms with Gasteiger partial charge >= 0.3 is 0 Å². The highest BCUT2D eigenvalue weighted by Crippen LogP contribution is 2.37. The molecule has 0 aromatic heterocycles. The molecule has 3 rings (SSSR count). The van der Waals surface area contributed by atoms with Crippen LogP contribution in [0, 0.1) is 0 Å². The summed E-state index contributed by atoms with van der Waals surface area (Å²) in [6, 6.07) is 8.16. The first kappa shape index (κ1) is 7.82. The average Bonchev–Trinajstić information content (AvgIpc) is 2.59. The molecule has 14 heavy (non-hydrogen) atoms. The molecule has 0 spiro atoms. The lowest BCUT2D eigenvalue weighted by Crippen LogP contribution is -2.24. The van der Waals surface area contributed by atoms with Crippen LogP contribution in [-0.4, -0.2) is 11.0 Å². The minimum atomic E-state index is 0.0416. The molecule has 0 radical (unpaired) electrons. The normalized spacial score (nSPS) is 22.4. The average molecular weight is 201 g/mol. The molecule has 2 aliphatic rings. The van der Waals surface area contributed by atoms with Crippen molar-refractivity contribution in [2.24, 2.45) is 10.2 Å². The lowest BCUT2D eigenvalue weighted by atomic mass is 10.0. The summed E-state index contributed by atoms with van der Waals surface area (Å²) in [7, 11) is 0. The summed E-state index contributed by atoms with van der Waals surface area (Å²) in [5.41, 5.74) is 3.41. The molecule has 68 valence electrons. The molecule has 1 atom stereocenters. The van der Waals surface area contributed by atoms with E-state index < -0.39 is 0 Å². The van der Waals surface area contributed by atoms with Crippen molar-refractivity contribution in [3.8, 4) is 0 Å². The first-order chi connectivity index (χ1) is 6.86. The number of hydrogen-bond donors (Lipinski definition) is 1. The smallest absolute Gasteiger partial charge is 0.152 e. The van der Waals surface area contributed by atoms with Gasteiger partial charge < -0.3 is 5.32 Å². The van der Waals surface area contributed by atoms with Crippen LogP contribution in [0.2, 0.25) is 0 Å². The van der Waals surface area contributed by atoms with Crippen molar-refractivity contribution >= 4 is 28.5 Å². The Morgan fingerprint density at radius 1 is 1.29 bits per heavy atom. The second-order valence-corrected chi connectivity index (χ2v) is 3.68. The fourth-order valence-corrected chi connectivity index (χ4v) is 2.03. The van der Waals surface area contributed by atoms with Crippen LogP contribution in [0.1, 0.15) is 5.56 Å². The van der Waals surface area contributed by atoms with Crippen LogP contribution in [0.3, 0.4) is 0 Å². The predicted octanol–water partition coefficient (Wildman–Crippen LogP) is 2.61. The van der Waals surface area contributed by atoms with Gasteiger partial charge in [0, 0.05) is 16.8 Å². The van der Waals surface area contributed by atoms with Crippen LogP contribution >= 0.6 is 12.2 Å². The zero-order chi connectivity index (χ0) is 9.54. The Hall–Kier alpha value is -1.55. The Bertz CT molecular complexity index is 476. The van der Waals surface area contributed by atoms with Gasteiger partial charge in [0.2, 0.25) is 0 Å². The van der Waals surface area contributed by atoms with Crippen molar-refractivity contribution in [2.75, 3.05) is 5.32 Å². The third-order valence-electron chi connectivity index (χ3n) is 2.45. The van der Waals surface area contributed by atoms with Gasteiger partial charge in [0.1, 0.15) is 6.04 Å². The van der Waals surface area contributed by atoms with Crippen LogP contribution < -0.4 is 5.32 Å². The molecule has 0 saturated carbocycles. The number of rotatable bonds is 0. The summed E-state index contributed by atoms with van der Waals surface area (Å²) in [5, 5.41) is 11.1. The fourth-order valence-electron chi connectivity index (χ4n) is 1.79. The summed E-state index contributed by atoms with van der Waals surface area (Å²) in [6.07, 6.45) is 1.78. The van der Waals surface area contributed by atoms with E-state index in [1.807, 2.05) is 18.2 Å². The molecule has 1 N–H and O–H groups in total. The number of nitrogens with zero attached hydrogens (tertiary/aromatic N) is 2. The second kappa shape index (κ2) is 2.72. The Morgan fingerprint density at radius 3 is 3.07 bits per heavy atom. The number of nitrogens with one attached hydrogen (secondary N) is 1. The van der Waals surface area contributed by atoms with Gasteiger partial charge in [-0.3, -0.25) is 0 Å². The van der Waals surface area contributed by atoms with E-state index >= 15 is 0 Å². The van der Waals surface area contributed by atoms with Crippen molar-refractivity contribution in [1.82, 2.24) is 0 Å². The lowest BCUT2D eigenvalue weighted by molar-refractivity contribution is 1.14. The van der Waals surface area contributed by atoms with Gasteiger partial charge in [0.05, 0.1) is 6.20 Å². The Labute approximate surface area is 86.5 Å². The maximum absolute atomic E-state index is 5.13. The number of benzene rings is 1. The number of azo groups is 1. The van der Waals surface area contributed by atoms with Gasteiger partial charge in [-0.05, 0) is 6.07 Å². The van der Waals surface area contributed by atoms with Crippen LogP contribution in [0.25, 0.3) is 5.57 Å². The van der Waals surface area contributed by atoms with E-state index in [1.165, 1.54) is 5.56 Å². The molecule has 0 saturated heterocycles. The summed E-state index contributed by atoms with van der Waals surface area (Å²) in [6.45, 7) is 0.